The number of alkyl carbamates (subject to hydrolysis) is 1. The van der Waals surface area contributed by atoms with E-state index in [9.17, 15) is 14.7 Å². The molecule has 2 aromatic rings. The summed E-state index contributed by atoms with van der Waals surface area (Å²) in [4.78, 5) is 24.0. The molecule has 1 aliphatic heterocycles. The second-order valence-electron chi connectivity index (χ2n) is 8.90. The van der Waals surface area contributed by atoms with Crippen LogP contribution in [0.1, 0.15) is 43.7 Å². The van der Waals surface area contributed by atoms with Crippen molar-refractivity contribution in [1.29, 1.82) is 0 Å². The largest absolute Gasteiger partial charge is 0.480 e. The second kappa shape index (κ2) is 8.11. The van der Waals surface area contributed by atoms with Crippen molar-refractivity contribution in [2.75, 3.05) is 13.2 Å². The second-order valence-corrected chi connectivity index (χ2v) is 8.90. The molecule has 1 amide bonds. The molecule has 0 saturated carbocycles. The molecule has 2 atom stereocenters. The molecule has 158 valence electrons. The van der Waals surface area contributed by atoms with Gasteiger partial charge in [0, 0.05) is 12.3 Å². The van der Waals surface area contributed by atoms with Crippen molar-refractivity contribution >= 4 is 12.1 Å². The summed E-state index contributed by atoms with van der Waals surface area (Å²) in [6.07, 6.45) is 0.0862. The number of carboxylic acids is 1. The van der Waals surface area contributed by atoms with Crippen molar-refractivity contribution in [3.8, 4) is 11.1 Å². The number of carbonyl (C=O) groups excluding carboxylic acids is 1. The first-order valence-electron chi connectivity index (χ1n) is 10.3. The molecule has 2 aromatic carbocycles. The normalized spacial score (nSPS) is 20.3. The highest BCUT2D eigenvalue weighted by Gasteiger charge is 2.36. The Bertz CT molecular complexity index is 909. The van der Waals surface area contributed by atoms with Gasteiger partial charge in [0.2, 0.25) is 0 Å². The van der Waals surface area contributed by atoms with Gasteiger partial charge in [0.25, 0.3) is 0 Å². The van der Waals surface area contributed by atoms with Gasteiger partial charge in [-0.05, 0) is 34.1 Å². The number of ether oxygens (including phenoxy) is 2. The first kappa shape index (κ1) is 20.4. The van der Waals surface area contributed by atoms with E-state index >= 15 is 0 Å². The summed E-state index contributed by atoms with van der Waals surface area (Å²) >= 11 is 0. The van der Waals surface area contributed by atoms with Crippen LogP contribution in [0.3, 0.4) is 0 Å². The average molecular weight is 409 g/mol. The molecule has 0 aromatic heterocycles. The van der Waals surface area contributed by atoms with Crippen LogP contribution in [0.4, 0.5) is 4.79 Å². The molecule has 6 heteroatoms. The number of hydrogen-bond donors (Lipinski definition) is 2. The van der Waals surface area contributed by atoms with Crippen LogP contribution in [-0.2, 0) is 14.3 Å². The van der Waals surface area contributed by atoms with E-state index in [1.165, 1.54) is 0 Å². The van der Waals surface area contributed by atoms with E-state index in [-0.39, 0.29) is 30.5 Å². The van der Waals surface area contributed by atoms with Crippen LogP contribution in [0.25, 0.3) is 11.1 Å². The summed E-state index contributed by atoms with van der Waals surface area (Å²) in [6.45, 7) is 4.91. The molecular formula is C24H27NO5. The van der Waals surface area contributed by atoms with E-state index < -0.39 is 18.1 Å². The molecular weight excluding hydrogens is 382 g/mol. The minimum absolute atomic E-state index is 0.0253. The Morgan fingerprint density at radius 3 is 2.27 bits per heavy atom. The number of fused-ring (bicyclic) bond motifs is 3. The number of aliphatic carboxylic acids is 1. The van der Waals surface area contributed by atoms with E-state index in [2.05, 4.69) is 31.3 Å². The number of nitrogens with one attached hydrogen (secondary N) is 1. The van der Waals surface area contributed by atoms with Crippen LogP contribution in [0.2, 0.25) is 0 Å². The first-order chi connectivity index (χ1) is 14.3. The van der Waals surface area contributed by atoms with Crippen LogP contribution in [0, 0.1) is 5.41 Å². The topological polar surface area (TPSA) is 84.9 Å². The van der Waals surface area contributed by atoms with E-state index in [0.29, 0.717) is 6.61 Å². The molecule has 0 spiro atoms. The van der Waals surface area contributed by atoms with Gasteiger partial charge in [-0.2, -0.15) is 0 Å². The molecule has 1 fully saturated rings. The van der Waals surface area contributed by atoms with Crippen LogP contribution < -0.4 is 5.32 Å². The predicted molar refractivity (Wildman–Crippen MR) is 112 cm³/mol. The number of carboxylic acid groups (broad SMARTS) is 1. The van der Waals surface area contributed by atoms with E-state index in [1.807, 2.05) is 36.4 Å². The van der Waals surface area contributed by atoms with E-state index in [4.69, 9.17) is 9.47 Å². The van der Waals surface area contributed by atoms with Crippen molar-refractivity contribution < 1.29 is 24.2 Å². The van der Waals surface area contributed by atoms with Crippen LogP contribution >= 0.6 is 0 Å². The number of carbonyl (C=O) groups is 2. The molecule has 2 N–H and O–H groups in total. The predicted octanol–water partition coefficient (Wildman–Crippen LogP) is 4.18. The number of hydrogen-bond acceptors (Lipinski definition) is 4. The highest BCUT2D eigenvalue weighted by atomic mass is 16.5. The van der Waals surface area contributed by atoms with Gasteiger partial charge in [0.1, 0.15) is 12.6 Å². The fraction of sp³-hybridized carbons (Fsp3) is 0.417. The Balaban J connectivity index is 1.39. The molecule has 2 aliphatic rings. The maximum absolute atomic E-state index is 12.4. The zero-order valence-corrected chi connectivity index (χ0v) is 17.3. The summed E-state index contributed by atoms with van der Waals surface area (Å²) in [5.41, 5.74) is 4.54. The summed E-state index contributed by atoms with van der Waals surface area (Å²) < 4.78 is 11.2. The van der Waals surface area contributed by atoms with Crippen molar-refractivity contribution in [3.63, 3.8) is 0 Å². The first-order valence-corrected chi connectivity index (χ1v) is 10.3. The Morgan fingerprint density at radius 1 is 1.13 bits per heavy atom. The maximum Gasteiger partial charge on any atom is 0.407 e. The van der Waals surface area contributed by atoms with Gasteiger partial charge in [-0.1, -0.05) is 62.4 Å². The molecule has 0 bridgehead atoms. The lowest BCUT2D eigenvalue weighted by Crippen LogP contribution is -2.43. The SMILES string of the molecule is CC1(C)COC(CC(NC(=O)OCC2c3ccccc3-c3ccccc32)C(=O)O)C1. The van der Waals surface area contributed by atoms with Gasteiger partial charge in [-0.25, -0.2) is 9.59 Å². The fourth-order valence-electron chi connectivity index (χ4n) is 4.50. The van der Waals surface area contributed by atoms with Gasteiger partial charge in [0.05, 0.1) is 12.7 Å². The number of rotatable bonds is 6. The maximum atomic E-state index is 12.4. The molecule has 30 heavy (non-hydrogen) atoms. The molecule has 0 radical (unpaired) electrons. The van der Waals surface area contributed by atoms with Crippen molar-refractivity contribution in [3.05, 3.63) is 59.7 Å². The lowest BCUT2D eigenvalue weighted by atomic mass is 9.89. The minimum Gasteiger partial charge on any atom is -0.480 e. The standard InChI is InChI=1S/C24H27NO5/c1-24(2)12-15(30-14-24)11-21(22(26)27)25-23(28)29-13-20-18-9-5-3-7-16(18)17-8-4-6-10-19(17)20/h3-10,15,20-21H,11-14H2,1-2H3,(H,25,28)(H,26,27). The van der Waals surface area contributed by atoms with E-state index in [0.717, 1.165) is 28.7 Å². The third-order valence-electron chi connectivity index (χ3n) is 5.92. The Hall–Kier alpha value is -2.86. The van der Waals surface area contributed by atoms with Crippen molar-refractivity contribution in [2.24, 2.45) is 5.41 Å². The Morgan fingerprint density at radius 2 is 1.73 bits per heavy atom. The van der Waals surface area contributed by atoms with Crippen molar-refractivity contribution in [1.82, 2.24) is 5.32 Å². The molecule has 6 nitrogen and oxygen atoms in total. The van der Waals surface area contributed by atoms with Crippen molar-refractivity contribution in [2.45, 2.75) is 44.8 Å². The third-order valence-corrected chi connectivity index (χ3v) is 5.92. The monoisotopic (exact) mass is 409 g/mol. The molecule has 4 rings (SSSR count). The van der Waals surface area contributed by atoms with Crippen LogP contribution in [0.15, 0.2) is 48.5 Å². The number of amides is 1. The van der Waals surface area contributed by atoms with Gasteiger partial charge in [0.15, 0.2) is 0 Å². The van der Waals surface area contributed by atoms with Gasteiger partial charge < -0.3 is 19.9 Å². The molecule has 1 heterocycles. The average Bonchev–Trinajstić information content (AvgIpc) is 3.22. The lowest BCUT2D eigenvalue weighted by Gasteiger charge is -2.20. The molecule has 2 unspecified atom stereocenters. The third kappa shape index (κ3) is 4.19. The number of benzene rings is 2. The summed E-state index contributed by atoms with van der Waals surface area (Å²) in [7, 11) is 0. The zero-order valence-electron chi connectivity index (χ0n) is 17.3. The smallest absolute Gasteiger partial charge is 0.407 e. The Kier molecular flexibility index (Phi) is 5.52. The quantitative estimate of drug-likeness (QED) is 0.748. The summed E-state index contributed by atoms with van der Waals surface area (Å²) in [6, 6.07) is 15.1. The minimum atomic E-state index is -1.09. The van der Waals surface area contributed by atoms with Crippen LogP contribution in [-0.4, -0.2) is 42.5 Å². The summed E-state index contributed by atoms with van der Waals surface area (Å²) in [5.74, 6) is -1.15. The molecule has 1 aliphatic carbocycles. The van der Waals surface area contributed by atoms with Gasteiger partial charge in [-0.15, -0.1) is 0 Å². The van der Waals surface area contributed by atoms with Gasteiger partial charge in [-0.3, -0.25) is 0 Å². The molecule has 1 saturated heterocycles. The highest BCUT2D eigenvalue weighted by molar-refractivity contribution is 5.81. The lowest BCUT2D eigenvalue weighted by molar-refractivity contribution is -0.140. The summed E-state index contributed by atoms with van der Waals surface area (Å²) in [5, 5.41) is 12.0. The van der Waals surface area contributed by atoms with Gasteiger partial charge >= 0.3 is 12.1 Å². The van der Waals surface area contributed by atoms with Crippen LogP contribution in [0.5, 0.6) is 0 Å². The zero-order chi connectivity index (χ0) is 21.3. The highest BCUT2D eigenvalue weighted by Crippen LogP contribution is 2.44. The van der Waals surface area contributed by atoms with E-state index in [1.54, 1.807) is 0 Å². The Labute approximate surface area is 176 Å². The fourth-order valence-corrected chi connectivity index (χ4v) is 4.50.